The predicted molar refractivity (Wildman–Crippen MR) is 150 cm³/mol. The van der Waals surface area contributed by atoms with Crippen LogP contribution in [-0.2, 0) is 17.9 Å². The molecule has 0 aliphatic heterocycles. The van der Waals surface area contributed by atoms with Gasteiger partial charge in [-0.05, 0) is 55.2 Å². The summed E-state index contributed by atoms with van der Waals surface area (Å²) in [6, 6.07) is 21.7. The van der Waals surface area contributed by atoms with E-state index in [1.807, 2.05) is 11.0 Å². The molecule has 5 nitrogen and oxygen atoms in total. The number of carbonyl (C=O) groups excluding carboxylic acids is 2. The lowest BCUT2D eigenvalue weighted by molar-refractivity contribution is -0.135. The third kappa shape index (κ3) is 7.48. The van der Waals surface area contributed by atoms with Gasteiger partial charge in [0, 0.05) is 41.6 Å². The predicted octanol–water partition coefficient (Wildman–Crippen LogP) is 6.79. The molecule has 1 aromatic heterocycles. The van der Waals surface area contributed by atoms with E-state index in [0.717, 1.165) is 50.8 Å². The fraction of sp³-hybridized carbons (Fsp3) is 0.419. The van der Waals surface area contributed by atoms with Gasteiger partial charge >= 0.3 is 0 Å². The summed E-state index contributed by atoms with van der Waals surface area (Å²) < 4.78 is 2.23. The van der Waals surface area contributed by atoms with Gasteiger partial charge in [-0.3, -0.25) is 9.59 Å². The van der Waals surface area contributed by atoms with Crippen LogP contribution in [-0.4, -0.2) is 45.3 Å². The first-order chi connectivity index (χ1) is 18.0. The Morgan fingerprint density at radius 2 is 1.76 bits per heavy atom. The lowest BCUT2D eigenvalue weighted by atomic mass is 9.94. The van der Waals surface area contributed by atoms with Gasteiger partial charge in [-0.2, -0.15) is 0 Å². The highest BCUT2D eigenvalue weighted by molar-refractivity contribution is 6.31. The Labute approximate surface area is 226 Å². The smallest absolute Gasteiger partial charge is 0.254 e. The number of benzene rings is 2. The van der Waals surface area contributed by atoms with Crippen molar-refractivity contribution in [1.29, 1.82) is 0 Å². The van der Waals surface area contributed by atoms with Crippen molar-refractivity contribution >= 4 is 23.4 Å². The zero-order chi connectivity index (χ0) is 26.0. The van der Waals surface area contributed by atoms with Gasteiger partial charge < -0.3 is 14.4 Å². The summed E-state index contributed by atoms with van der Waals surface area (Å²) in [6.07, 6.45) is 9.42. The van der Waals surface area contributed by atoms with Gasteiger partial charge in [0.25, 0.3) is 5.91 Å². The zero-order valence-electron chi connectivity index (χ0n) is 21.8. The minimum absolute atomic E-state index is 0.0193. The lowest BCUT2D eigenvalue weighted by Crippen LogP contribution is -2.47. The number of amides is 2. The first-order valence-corrected chi connectivity index (χ1v) is 13.9. The molecule has 37 heavy (non-hydrogen) atoms. The molecule has 0 unspecified atom stereocenters. The Morgan fingerprint density at radius 1 is 0.973 bits per heavy atom. The molecule has 196 valence electrons. The molecule has 2 aromatic carbocycles. The van der Waals surface area contributed by atoms with Crippen LogP contribution in [0.2, 0.25) is 5.02 Å². The molecular weight excluding hydrogens is 482 g/mol. The van der Waals surface area contributed by atoms with E-state index in [2.05, 4.69) is 54.1 Å². The van der Waals surface area contributed by atoms with Crippen molar-refractivity contribution in [3.8, 4) is 0 Å². The fourth-order valence-electron chi connectivity index (χ4n) is 5.18. The van der Waals surface area contributed by atoms with Crippen LogP contribution in [0.3, 0.4) is 0 Å². The number of unbranched alkanes of at least 4 members (excludes halogenated alkanes) is 1. The van der Waals surface area contributed by atoms with E-state index in [9.17, 15) is 9.59 Å². The Kier molecular flexibility index (Phi) is 9.84. The lowest BCUT2D eigenvalue weighted by Gasteiger charge is -2.36. The molecule has 1 aliphatic carbocycles. The second kappa shape index (κ2) is 13.5. The van der Waals surface area contributed by atoms with Crippen molar-refractivity contribution in [2.75, 3.05) is 13.1 Å². The molecule has 6 heteroatoms. The Bertz CT molecular complexity index is 1150. The number of hydrogen-bond acceptors (Lipinski definition) is 2. The summed E-state index contributed by atoms with van der Waals surface area (Å²) in [5.41, 5.74) is 2.87. The summed E-state index contributed by atoms with van der Waals surface area (Å²) in [4.78, 5) is 31.1. The normalized spacial score (nSPS) is 13.9. The number of aromatic nitrogens is 1. The maximum absolute atomic E-state index is 13.9. The average molecular weight is 520 g/mol. The van der Waals surface area contributed by atoms with E-state index >= 15 is 0 Å². The highest BCUT2D eigenvalue weighted by atomic mass is 35.5. The van der Waals surface area contributed by atoms with Crippen molar-refractivity contribution in [3.05, 3.63) is 94.8 Å². The molecule has 2 amide bonds. The van der Waals surface area contributed by atoms with Crippen molar-refractivity contribution in [2.45, 2.75) is 71.0 Å². The van der Waals surface area contributed by atoms with Crippen molar-refractivity contribution < 1.29 is 9.59 Å². The molecule has 0 atom stereocenters. The van der Waals surface area contributed by atoms with Crippen LogP contribution < -0.4 is 0 Å². The molecule has 4 rings (SSSR count). The van der Waals surface area contributed by atoms with E-state index in [0.29, 0.717) is 23.7 Å². The second-order valence-electron chi connectivity index (χ2n) is 10.0. The van der Waals surface area contributed by atoms with Gasteiger partial charge in [-0.1, -0.05) is 80.6 Å². The summed E-state index contributed by atoms with van der Waals surface area (Å²) in [7, 11) is 0. The van der Waals surface area contributed by atoms with E-state index in [4.69, 9.17) is 11.6 Å². The van der Waals surface area contributed by atoms with Crippen LogP contribution in [0.5, 0.6) is 0 Å². The number of hydrogen-bond donors (Lipinski definition) is 0. The minimum atomic E-state index is -0.139. The van der Waals surface area contributed by atoms with Crippen LogP contribution >= 0.6 is 11.6 Å². The maximum Gasteiger partial charge on any atom is 0.254 e. The van der Waals surface area contributed by atoms with Gasteiger partial charge in [-0.25, -0.2) is 0 Å². The van der Waals surface area contributed by atoms with Crippen LogP contribution in [0.25, 0.3) is 0 Å². The maximum atomic E-state index is 13.9. The summed E-state index contributed by atoms with van der Waals surface area (Å²) in [5.74, 6) is -0.119. The van der Waals surface area contributed by atoms with E-state index in [1.165, 1.54) is 12.0 Å². The van der Waals surface area contributed by atoms with Crippen molar-refractivity contribution in [2.24, 2.45) is 0 Å². The number of carbonyl (C=O) groups is 2. The summed E-state index contributed by atoms with van der Waals surface area (Å²) in [6.45, 7) is 4.05. The Balaban J connectivity index is 1.54. The third-order valence-electron chi connectivity index (χ3n) is 7.25. The molecule has 1 aliphatic rings. The van der Waals surface area contributed by atoms with E-state index < -0.39 is 0 Å². The largest absolute Gasteiger partial charge is 0.345 e. The fourth-order valence-corrected chi connectivity index (χ4v) is 5.37. The molecular formula is C31H38ClN3O2. The highest BCUT2D eigenvalue weighted by Gasteiger charge is 2.29. The highest BCUT2D eigenvalue weighted by Crippen LogP contribution is 2.25. The van der Waals surface area contributed by atoms with Crippen LogP contribution in [0.4, 0.5) is 0 Å². The van der Waals surface area contributed by atoms with Crippen LogP contribution in [0, 0.1) is 0 Å². The van der Waals surface area contributed by atoms with Gasteiger partial charge in [0.05, 0.1) is 6.54 Å². The number of halogens is 1. The molecule has 1 saturated carbocycles. The molecule has 0 N–H and O–H groups in total. The second-order valence-corrected chi connectivity index (χ2v) is 10.5. The summed E-state index contributed by atoms with van der Waals surface area (Å²) in [5, 5.41) is 0.524. The molecule has 1 heterocycles. The SMILES string of the molecule is CCCCN(CC(=O)N(Cc1cccn1Cc1ccccc1)C1CCCCC1)C(=O)c1cccc(Cl)c1. The first-order valence-electron chi connectivity index (χ1n) is 13.6. The molecule has 0 bridgehead atoms. The minimum Gasteiger partial charge on any atom is -0.345 e. The van der Waals surface area contributed by atoms with Gasteiger partial charge in [-0.15, -0.1) is 0 Å². The quantitative estimate of drug-likeness (QED) is 0.280. The average Bonchev–Trinajstić information content (AvgIpc) is 3.36. The monoisotopic (exact) mass is 519 g/mol. The van der Waals surface area contributed by atoms with Gasteiger partial charge in [0.15, 0.2) is 0 Å². The molecule has 3 aromatic rings. The first kappa shape index (κ1) is 27.0. The van der Waals surface area contributed by atoms with Gasteiger partial charge in [0.1, 0.15) is 6.54 Å². The van der Waals surface area contributed by atoms with Crippen LogP contribution in [0.1, 0.15) is 73.5 Å². The molecule has 0 spiro atoms. The summed E-state index contributed by atoms with van der Waals surface area (Å²) >= 11 is 6.16. The number of rotatable bonds is 11. The van der Waals surface area contributed by atoms with E-state index in [1.54, 1.807) is 29.2 Å². The Morgan fingerprint density at radius 3 is 2.49 bits per heavy atom. The Hall–Kier alpha value is -3.05. The molecule has 1 fully saturated rings. The molecule has 0 radical (unpaired) electrons. The van der Waals surface area contributed by atoms with E-state index in [-0.39, 0.29) is 24.4 Å². The standard InChI is InChI=1S/C31H38ClN3O2/c1-2-3-19-34(31(37)26-14-10-15-27(32)21-26)24-30(36)35(28-16-8-5-9-17-28)23-29-18-11-20-33(29)22-25-12-6-4-7-13-25/h4,6-7,10-15,18,20-21,28H,2-3,5,8-9,16-17,19,22-24H2,1H3. The van der Waals surface area contributed by atoms with Crippen molar-refractivity contribution in [1.82, 2.24) is 14.4 Å². The topological polar surface area (TPSA) is 45.6 Å². The number of nitrogens with zero attached hydrogens (tertiary/aromatic N) is 3. The van der Waals surface area contributed by atoms with Crippen molar-refractivity contribution in [3.63, 3.8) is 0 Å². The van der Waals surface area contributed by atoms with Crippen LogP contribution in [0.15, 0.2) is 72.9 Å². The zero-order valence-corrected chi connectivity index (χ0v) is 22.6. The molecule has 0 saturated heterocycles. The third-order valence-corrected chi connectivity index (χ3v) is 7.49. The van der Waals surface area contributed by atoms with Gasteiger partial charge in [0.2, 0.25) is 5.91 Å².